The minimum Gasteiger partial charge on any atom is -0.308 e. The molecule has 0 bridgehead atoms. The Bertz CT molecular complexity index is 3320. The Morgan fingerprint density at radius 3 is 1.25 bits per heavy atom. The molecule has 0 spiro atoms. The molecule has 0 aromatic heterocycles. The molecule has 9 aromatic carbocycles. The molecule has 0 saturated heterocycles. The molecule has 0 radical (unpaired) electrons. The summed E-state index contributed by atoms with van der Waals surface area (Å²) in [7, 11) is 0. The van der Waals surface area contributed by atoms with E-state index in [2.05, 4.69) is 242 Å². The number of hydrogen-bond donors (Lipinski definition) is 0. The average molecular weight is 915 g/mol. The van der Waals surface area contributed by atoms with Gasteiger partial charge >= 0.3 is 0 Å². The van der Waals surface area contributed by atoms with Gasteiger partial charge in [-0.25, -0.2) is 0 Å². The van der Waals surface area contributed by atoms with Crippen LogP contribution in [-0.4, -0.2) is 6.71 Å². The predicted molar refractivity (Wildman–Crippen MR) is 295 cm³/mol. The van der Waals surface area contributed by atoms with E-state index in [-0.39, 0.29) is 6.71 Å². The van der Waals surface area contributed by atoms with Gasteiger partial charge in [-0.2, -0.15) is 0 Å². The van der Waals surface area contributed by atoms with Crippen LogP contribution in [0.3, 0.4) is 0 Å². The second-order valence-corrected chi connectivity index (χ2v) is 21.3. The molecule has 9 aromatic rings. The molecular formula is C63H55BN2S2. The van der Waals surface area contributed by atoms with E-state index >= 15 is 0 Å². The van der Waals surface area contributed by atoms with Gasteiger partial charge in [-0.3, -0.25) is 0 Å². The summed E-state index contributed by atoms with van der Waals surface area (Å²) >= 11 is 3.73. The van der Waals surface area contributed by atoms with Gasteiger partial charge in [0, 0.05) is 25.3 Å². The number of anilines is 6. The van der Waals surface area contributed by atoms with Crippen LogP contribution < -0.4 is 26.2 Å². The highest BCUT2D eigenvalue weighted by molar-refractivity contribution is 8.00. The second-order valence-electron chi connectivity index (χ2n) is 19.2. The van der Waals surface area contributed by atoms with Crippen LogP contribution in [0, 0.1) is 62.3 Å². The van der Waals surface area contributed by atoms with Gasteiger partial charge in [0.05, 0.1) is 28.4 Å². The monoisotopic (exact) mass is 914 g/mol. The number of nitrogens with zero attached hydrogens (tertiary/aromatic N) is 2. The molecule has 2 aliphatic heterocycles. The maximum absolute atomic E-state index is 2.52. The SMILES string of the molecule is Cc1cc(C)c(B(c2cccc(-c3ccc4c(c3)Sc3cc(-c5cccc(N6c7ccccc7Sc7ccccc76)c5)ccc3N4c3c(C)cc(C)cc3C)c2)c2c(C)cc(C)cc2C)c(C)c1. The maximum atomic E-state index is 2.52. The highest BCUT2D eigenvalue weighted by Crippen LogP contribution is 2.55. The molecule has 68 heavy (non-hydrogen) atoms. The van der Waals surface area contributed by atoms with Gasteiger partial charge in [0.1, 0.15) is 0 Å². The molecule has 0 amide bonds. The number of hydrogen-bond acceptors (Lipinski definition) is 4. The zero-order chi connectivity index (χ0) is 47.0. The largest absolute Gasteiger partial charge is 0.308 e. The smallest absolute Gasteiger partial charge is 0.242 e. The Kier molecular flexibility index (Phi) is 11.3. The molecular weight excluding hydrogens is 860 g/mol. The summed E-state index contributed by atoms with van der Waals surface area (Å²) in [6.07, 6.45) is 0. The second kappa shape index (κ2) is 17.5. The first-order valence-electron chi connectivity index (χ1n) is 23.8. The third-order valence-electron chi connectivity index (χ3n) is 14.0. The maximum Gasteiger partial charge on any atom is 0.242 e. The Morgan fingerprint density at radius 2 is 0.735 bits per heavy atom. The van der Waals surface area contributed by atoms with Gasteiger partial charge in [0.15, 0.2) is 0 Å². The Morgan fingerprint density at radius 1 is 0.324 bits per heavy atom. The van der Waals surface area contributed by atoms with E-state index in [9.17, 15) is 0 Å². The standard InChI is InChI=1S/C63H55BN2S2/c1-38-28-41(4)61(42(5)29-38)64(62-43(6)30-39(2)31-44(62)7)51-18-14-16-47(34-51)49-24-26-55-59(36-49)68-60-37-50(25-27-56(60)66(55)63-45(8)32-40(3)33-46(63)9)48-17-15-19-52(35-48)65-53-20-10-12-22-57(53)67-58-23-13-11-21-54(58)65/h10-37H,1-9H3. The Labute approximate surface area is 412 Å². The number of fused-ring (bicyclic) bond motifs is 4. The van der Waals surface area contributed by atoms with E-state index < -0.39 is 0 Å². The van der Waals surface area contributed by atoms with Crippen molar-refractivity contribution in [3.8, 4) is 22.3 Å². The van der Waals surface area contributed by atoms with Gasteiger partial charge in [0.2, 0.25) is 6.71 Å². The summed E-state index contributed by atoms with van der Waals surface area (Å²) in [5.41, 5.74) is 28.0. The fourth-order valence-corrected chi connectivity index (χ4v) is 13.6. The van der Waals surface area contributed by atoms with Crippen molar-refractivity contribution in [2.45, 2.75) is 81.9 Å². The minimum absolute atomic E-state index is 0.105. The number of benzene rings is 9. The quantitative estimate of drug-likeness (QED) is 0.147. The van der Waals surface area contributed by atoms with Crippen LogP contribution in [0.5, 0.6) is 0 Å². The number of aryl methyl sites for hydroxylation is 9. The van der Waals surface area contributed by atoms with E-state index in [1.165, 1.54) is 137 Å². The summed E-state index contributed by atoms with van der Waals surface area (Å²) in [4.78, 5) is 9.96. The summed E-state index contributed by atoms with van der Waals surface area (Å²) < 4.78 is 0. The summed E-state index contributed by atoms with van der Waals surface area (Å²) in [6, 6.07) is 64.2. The molecule has 11 rings (SSSR count). The average Bonchev–Trinajstić information content (AvgIpc) is 3.31. The third-order valence-corrected chi connectivity index (χ3v) is 16.2. The van der Waals surface area contributed by atoms with Crippen molar-refractivity contribution < 1.29 is 0 Å². The first-order valence-corrected chi connectivity index (χ1v) is 25.4. The Balaban J connectivity index is 1.02. The fraction of sp³-hybridized carbons (Fsp3) is 0.143. The van der Waals surface area contributed by atoms with Crippen LogP contribution in [0.25, 0.3) is 22.3 Å². The molecule has 2 nitrogen and oxygen atoms in total. The fourth-order valence-electron chi connectivity index (χ4n) is 11.4. The van der Waals surface area contributed by atoms with Gasteiger partial charge in [0.25, 0.3) is 0 Å². The molecule has 0 aliphatic carbocycles. The van der Waals surface area contributed by atoms with Gasteiger partial charge in [-0.15, -0.1) is 0 Å². The molecule has 0 unspecified atom stereocenters. The summed E-state index contributed by atoms with van der Waals surface area (Å²) in [5.74, 6) is 0. The normalized spacial score (nSPS) is 12.6. The van der Waals surface area contributed by atoms with Gasteiger partial charge < -0.3 is 9.80 Å². The van der Waals surface area contributed by atoms with Crippen LogP contribution in [0.4, 0.5) is 34.1 Å². The van der Waals surface area contributed by atoms with Crippen LogP contribution in [0.2, 0.25) is 0 Å². The summed E-state index contributed by atoms with van der Waals surface area (Å²) in [5, 5.41) is 0. The Hall–Kier alpha value is -6.66. The van der Waals surface area contributed by atoms with Crippen molar-refractivity contribution in [3.05, 3.63) is 220 Å². The van der Waals surface area contributed by atoms with Crippen LogP contribution in [0.15, 0.2) is 189 Å². The topological polar surface area (TPSA) is 6.48 Å². The molecule has 0 saturated carbocycles. The molecule has 5 heteroatoms. The summed E-state index contributed by atoms with van der Waals surface area (Å²) in [6.45, 7) is 20.4. The first kappa shape index (κ1) is 43.9. The third kappa shape index (κ3) is 7.76. The van der Waals surface area contributed by atoms with Crippen LogP contribution in [-0.2, 0) is 0 Å². The van der Waals surface area contributed by atoms with E-state index in [1.807, 2.05) is 23.5 Å². The van der Waals surface area contributed by atoms with Crippen molar-refractivity contribution in [2.24, 2.45) is 0 Å². The van der Waals surface area contributed by atoms with E-state index in [1.54, 1.807) is 0 Å². The van der Waals surface area contributed by atoms with Gasteiger partial charge in [-0.05, 0) is 156 Å². The molecule has 0 fully saturated rings. The lowest BCUT2D eigenvalue weighted by atomic mass is 9.34. The molecule has 2 heterocycles. The van der Waals surface area contributed by atoms with Gasteiger partial charge in [-0.1, -0.05) is 188 Å². The van der Waals surface area contributed by atoms with E-state index in [4.69, 9.17) is 0 Å². The molecule has 0 N–H and O–H groups in total. The zero-order valence-electron chi connectivity index (χ0n) is 40.5. The predicted octanol–water partition coefficient (Wildman–Crippen LogP) is 16.2. The lowest BCUT2D eigenvalue weighted by Crippen LogP contribution is -2.55. The molecule has 332 valence electrons. The van der Waals surface area contributed by atoms with Crippen molar-refractivity contribution >= 4 is 80.7 Å². The first-order chi connectivity index (χ1) is 32.9. The van der Waals surface area contributed by atoms with Crippen molar-refractivity contribution in [3.63, 3.8) is 0 Å². The highest BCUT2D eigenvalue weighted by atomic mass is 32.2. The number of para-hydroxylation sites is 2. The van der Waals surface area contributed by atoms with Crippen molar-refractivity contribution in [1.82, 2.24) is 0 Å². The lowest BCUT2D eigenvalue weighted by molar-refractivity contribution is 1.13. The molecule has 2 aliphatic rings. The van der Waals surface area contributed by atoms with Crippen molar-refractivity contribution in [2.75, 3.05) is 9.80 Å². The van der Waals surface area contributed by atoms with E-state index in [0.717, 1.165) is 5.69 Å². The molecule has 0 atom stereocenters. The lowest BCUT2D eigenvalue weighted by Gasteiger charge is -2.35. The van der Waals surface area contributed by atoms with E-state index in [0.29, 0.717) is 0 Å². The zero-order valence-corrected chi connectivity index (χ0v) is 42.1. The highest BCUT2D eigenvalue weighted by Gasteiger charge is 2.31. The minimum atomic E-state index is 0.105. The van der Waals surface area contributed by atoms with Crippen molar-refractivity contribution in [1.29, 1.82) is 0 Å². The number of rotatable bonds is 7. The van der Waals surface area contributed by atoms with Crippen LogP contribution >= 0.6 is 23.5 Å². The van der Waals surface area contributed by atoms with Crippen LogP contribution in [0.1, 0.15) is 50.1 Å².